The summed E-state index contributed by atoms with van der Waals surface area (Å²) in [5.41, 5.74) is 0. The van der Waals surface area contributed by atoms with E-state index >= 15 is 0 Å². The molecule has 52 valence electrons. The van der Waals surface area contributed by atoms with Crippen LogP contribution in [0.5, 0.6) is 0 Å². The molecule has 0 aliphatic heterocycles. The summed E-state index contributed by atoms with van der Waals surface area (Å²) in [5, 5.41) is 0. The average molecular weight is 124 g/mol. The standard InChI is InChI=1S/C9H16/c1-6(2)8-4-3-7-5-9(7)8/h6-9H,3-5H2,1-2H3/t7-,8-,9+/m1/s1. The highest BCUT2D eigenvalue weighted by Gasteiger charge is 2.48. The molecule has 0 spiro atoms. The number of hydrogen-bond donors (Lipinski definition) is 0. The molecule has 0 aromatic rings. The fourth-order valence-electron chi connectivity index (χ4n) is 2.58. The van der Waals surface area contributed by atoms with Crippen LogP contribution in [-0.2, 0) is 0 Å². The van der Waals surface area contributed by atoms with Crippen molar-refractivity contribution in [3.05, 3.63) is 0 Å². The van der Waals surface area contributed by atoms with Crippen molar-refractivity contribution in [2.75, 3.05) is 0 Å². The molecule has 0 heteroatoms. The van der Waals surface area contributed by atoms with Gasteiger partial charge in [-0.15, -0.1) is 0 Å². The van der Waals surface area contributed by atoms with E-state index in [2.05, 4.69) is 13.8 Å². The highest BCUT2D eigenvalue weighted by molar-refractivity contribution is 4.98. The van der Waals surface area contributed by atoms with Crippen molar-refractivity contribution in [2.24, 2.45) is 23.7 Å². The summed E-state index contributed by atoms with van der Waals surface area (Å²) in [6.07, 6.45) is 4.66. The summed E-state index contributed by atoms with van der Waals surface area (Å²) in [5.74, 6) is 4.42. The Bertz CT molecular complexity index is 115. The van der Waals surface area contributed by atoms with Crippen molar-refractivity contribution >= 4 is 0 Å². The normalized spacial score (nSPS) is 47.7. The molecule has 0 bridgehead atoms. The van der Waals surface area contributed by atoms with Crippen LogP contribution < -0.4 is 0 Å². The summed E-state index contributed by atoms with van der Waals surface area (Å²) in [7, 11) is 0. The van der Waals surface area contributed by atoms with Gasteiger partial charge in [-0.2, -0.15) is 0 Å². The van der Waals surface area contributed by atoms with Crippen LogP contribution in [-0.4, -0.2) is 0 Å². The van der Waals surface area contributed by atoms with E-state index < -0.39 is 0 Å². The molecule has 0 N–H and O–H groups in total. The molecule has 0 amide bonds. The maximum Gasteiger partial charge on any atom is -0.0352 e. The lowest BCUT2D eigenvalue weighted by molar-refractivity contribution is 0.352. The van der Waals surface area contributed by atoms with E-state index in [0.29, 0.717) is 0 Å². The van der Waals surface area contributed by atoms with Gasteiger partial charge in [0, 0.05) is 0 Å². The van der Waals surface area contributed by atoms with Gasteiger partial charge in [-0.25, -0.2) is 0 Å². The Hall–Kier alpha value is 0. The van der Waals surface area contributed by atoms with Gasteiger partial charge in [-0.3, -0.25) is 0 Å². The molecule has 0 saturated heterocycles. The Morgan fingerprint density at radius 1 is 1.22 bits per heavy atom. The molecular formula is C9H16. The van der Waals surface area contributed by atoms with Gasteiger partial charge < -0.3 is 0 Å². The van der Waals surface area contributed by atoms with Crippen LogP contribution in [0.2, 0.25) is 0 Å². The molecule has 0 aromatic carbocycles. The third kappa shape index (κ3) is 0.798. The molecule has 2 aliphatic rings. The Balaban J connectivity index is 1.98. The molecule has 0 nitrogen and oxygen atoms in total. The minimum atomic E-state index is 0.961. The molecule has 0 heterocycles. The fourth-order valence-corrected chi connectivity index (χ4v) is 2.58. The zero-order chi connectivity index (χ0) is 6.43. The number of rotatable bonds is 1. The second-order valence-electron chi connectivity index (χ2n) is 4.14. The van der Waals surface area contributed by atoms with Crippen LogP contribution in [0, 0.1) is 23.7 Å². The van der Waals surface area contributed by atoms with Gasteiger partial charge in [-0.05, 0) is 42.9 Å². The van der Waals surface area contributed by atoms with Crippen molar-refractivity contribution in [1.29, 1.82) is 0 Å². The molecule has 2 saturated carbocycles. The Morgan fingerprint density at radius 2 is 2.00 bits per heavy atom. The molecule has 2 aliphatic carbocycles. The van der Waals surface area contributed by atoms with Gasteiger partial charge in [-0.1, -0.05) is 13.8 Å². The lowest BCUT2D eigenvalue weighted by atomic mass is 9.91. The third-order valence-electron chi connectivity index (χ3n) is 3.25. The van der Waals surface area contributed by atoms with Crippen LogP contribution in [0.15, 0.2) is 0 Å². The molecular weight excluding hydrogens is 108 g/mol. The predicted molar refractivity (Wildman–Crippen MR) is 39.2 cm³/mol. The first-order chi connectivity index (χ1) is 4.29. The van der Waals surface area contributed by atoms with E-state index in [9.17, 15) is 0 Å². The highest BCUT2D eigenvalue weighted by Crippen LogP contribution is 2.57. The van der Waals surface area contributed by atoms with Gasteiger partial charge in [0.05, 0.1) is 0 Å². The Morgan fingerprint density at radius 3 is 2.22 bits per heavy atom. The summed E-state index contributed by atoms with van der Waals surface area (Å²) >= 11 is 0. The molecule has 9 heavy (non-hydrogen) atoms. The molecule has 0 radical (unpaired) electrons. The second kappa shape index (κ2) is 1.74. The first kappa shape index (κ1) is 5.76. The van der Waals surface area contributed by atoms with Gasteiger partial charge in [0.15, 0.2) is 0 Å². The number of fused-ring (bicyclic) bond motifs is 1. The van der Waals surface area contributed by atoms with Crippen molar-refractivity contribution < 1.29 is 0 Å². The van der Waals surface area contributed by atoms with E-state index in [0.717, 1.165) is 11.8 Å². The predicted octanol–water partition coefficient (Wildman–Crippen LogP) is 2.69. The summed E-state index contributed by atoms with van der Waals surface area (Å²) in [6, 6.07) is 0. The Labute approximate surface area is 57.6 Å². The fraction of sp³-hybridized carbons (Fsp3) is 1.00. The van der Waals surface area contributed by atoms with Crippen LogP contribution in [0.3, 0.4) is 0 Å². The quantitative estimate of drug-likeness (QED) is 0.504. The largest absolute Gasteiger partial charge is 0.0625 e. The lowest BCUT2D eigenvalue weighted by Crippen LogP contribution is -2.06. The van der Waals surface area contributed by atoms with E-state index in [1.54, 1.807) is 12.8 Å². The summed E-state index contributed by atoms with van der Waals surface area (Å²) in [6.45, 7) is 4.76. The SMILES string of the molecule is CC(C)[C@H]1CC[C@@H]2C[C@@H]21. The van der Waals surface area contributed by atoms with E-state index in [-0.39, 0.29) is 0 Å². The summed E-state index contributed by atoms with van der Waals surface area (Å²) < 4.78 is 0. The van der Waals surface area contributed by atoms with Crippen LogP contribution in [0.25, 0.3) is 0 Å². The molecule has 2 fully saturated rings. The van der Waals surface area contributed by atoms with E-state index in [1.807, 2.05) is 0 Å². The van der Waals surface area contributed by atoms with Gasteiger partial charge in [0.1, 0.15) is 0 Å². The van der Waals surface area contributed by atoms with Crippen molar-refractivity contribution in [1.82, 2.24) is 0 Å². The van der Waals surface area contributed by atoms with Crippen molar-refractivity contribution in [3.63, 3.8) is 0 Å². The molecule has 2 rings (SSSR count). The zero-order valence-corrected chi connectivity index (χ0v) is 6.43. The topological polar surface area (TPSA) is 0 Å². The first-order valence-corrected chi connectivity index (χ1v) is 4.29. The number of hydrogen-bond acceptors (Lipinski definition) is 0. The van der Waals surface area contributed by atoms with Crippen molar-refractivity contribution in [2.45, 2.75) is 33.1 Å². The van der Waals surface area contributed by atoms with Crippen molar-refractivity contribution in [3.8, 4) is 0 Å². The zero-order valence-electron chi connectivity index (χ0n) is 6.43. The van der Waals surface area contributed by atoms with Gasteiger partial charge >= 0.3 is 0 Å². The molecule has 3 atom stereocenters. The summed E-state index contributed by atoms with van der Waals surface area (Å²) in [4.78, 5) is 0. The minimum absolute atomic E-state index is 0.961. The Kier molecular flexibility index (Phi) is 1.12. The maximum absolute atomic E-state index is 2.38. The highest BCUT2D eigenvalue weighted by atomic mass is 14.5. The van der Waals surface area contributed by atoms with Gasteiger partial charge in [0.2, 0.25) is 0 Å². The average Bonchev–Trinajstić information content (AvgIpc) is 2.43. The molecule has 0 unspecified atom stereocenters. The maximum atomic E-state index is 2.38. The van der Waals surface area contributed by atoms with E-state index in [1.165, 1.54) is 18.3 Å². The monoisotopic (exact) mass is 124 g/mol. The van der Waals surface area contributed by atoms with Crippen LogP contribution in [0.1, 0.15) is 33.1 Å². The van der Waals surface area contributed by atoms with E-state index in [4.69, 9.17) is 0 Å². The third-order valence-corrected chi connectivity index (χ3v) is 3.25. The van der Waals surface area contributed by atoms with Gasteiger partial charge in [0.25, 0.3) is 0 Å². The van der Waals surface area contributed by atoms with Crippen LogP contribution >= 0.6 is 0 Å². The second-order valence-corrected chi connectivity index (χ2v) is 4.14. The van der Waals surface area contributed by atoms with Crippen LogP contribution in [0.4, 0.5) is 0 Å². The lowest BCUT2D eigenvalue weighted by Gasteiger charge is -2.14. The minimum Gasteiger partial charge on any atom is -0.0625 e. The molecule has 0 aromatic heterocycles. The smallest absolute Gasteiger partial charge is 0.0352 e. The first-order valence-electron chi connectivity index (χ1n) is 4.29.